The molecule has 0 bridgehead atoms. The van der Waals surface area contributed by atoms with Crippen molar-refractivity contribution in [1.29, 1.82) is 0 Å². The van der Waals surface area contributed by atoms with Gasteiger partial charge in [0.25, 0.3) is 0 Å². The summed E-state index contributed by atoms with van der Waals surface area (Å²) in [5.41, 5.74) is 12.7. The molecule has 2 aromatic carbocycles. The molecular formula is C17H21NO. The summed E-state index contributed by atoms with van der Waals surface area (Å²) in [5, 5.41) is 0. The largest absolute Gasteiger partial charge is 0.489 e. The maximum atomic E-state index is 5.94. The lowest BCUT2D eigenvalue weighted by Crippen LogP contribution is -2.02. The van der Waals surface area contributed by atoms with E-state index in [4.69, 9.17) is 10.5 Å². The van der Waals surface area contributed by atoms with Gasteiger partial charge in [0.2, 0.25) is 0 Å². The van der Waals surface area contributed by atoms with Crippen molar-refractivity contribution >= 4 is 5.69 Å². The Morgan fingerprint density at radius 1 is 0.895 bits per heavy atom. The molecule has 0 saturated carbocycles. The van der Waals surface area contributed by atoms with Crippen molar-refractivity contribution in [2.45, 2.75) is 34.3 Å². The van der Waals surface area contributed by atoms with Crippen LogP contribution in [-0.4, -0.2) is 0 Å². The highest BCUT2D eigenvalue weighted by atomic mass is 16.5. The molecule has 2 rings (SSSR count). The normalized spacial score (nSPS) is 10.5. The van der Waals surface area contributed by atoms with Gasteiger partial charge in [-0.1, -0.05) is 24.3 Å². The highest BCUT2D eigenvalue weighted by Crippen LogP contribution is 2.26. The number of nitrogen functional groups attached to an aromatic ring is 1. The van der Waals surface area contributed by atoms with Gasteiger partial charge in [-0.15, -0.1) is 0 Å². The zero-order valence-corrected chi connectivity index (χ0v) is 12.1. The summed E-state index contributed by atoms with van der Waals surface area (Å²) in [4.78, 5) is 0. The number of hydrogen-bond donors (Lipinski definition) is 1. The fourth-order valence-corrected chi connectivity index (χ4v) is 2.23. The SMILES string of the molecule is Cc1cc(C)c(OCc2c(C)cccc2C)cc1N. The lowest BCUT2D eigenvalue weighted by Gasteiger charge is -2.14. The van der Waals surface area contributed by atoms with Crippen LogP contribution in [0.4, 0.5) is 5.69 Å². The molecule has 0 atom stereocenters. The van der Waals surface area contributed by atoms with E-state index in [1.54, 1.807) is 0 Å². The fourth-order valence-electron chi connectivity index (χ4n) is 2.23. The molecule has 0 saturated heterocycles. The minimum Gasteiger partial charge on any atom is -0.489 e. The van der Waals surface area contributed by atoms with Crippen LogP contribution in [0.15, 0.2) is 30.3 Å². The van der Waals surface area contributed by atoms with Crippen LogP contribution in [0, 0.1) is 27.7 Å². The average molecular weight is 255 g/mol. The van der Waals surface area contributed by atoms with Crippen molar-refractivity contribution in [2.75, 3.05) is 5.73 Å². The highest BCUT2D eigenvalue weighted by Gasteiger charge is 2.06. The summed E-state index contributed by atoms with van der Waals surface area (Å²) in [6.07, 6.45) is 0. The molecule has 0 aliphatic carbocycles. The average Bonchev–Trinajstić information content (AvgIpc) is 2.34. The Bertz CT molecular complexity index is 582. The van der Waals surface area contributed by atoms with Gasteiger partial charge in [0, 0.05) is 11.8 Å². The van der Waals surface area contributed by atoms with Crippen molar-refractivity contribution in [1.82, 2.24) is 0 Å². The fraction of sp³-hybridized carbons (Fsp3) is 0.294. The molecule has 0 aromatic heterocycles. The summed E-state index contributed by atoms with van der Waals surface area (Å²) in [6.45, 7) is 8.87. The maximum Gasteiger partial charge on any atom is 0.124 e. The molecular weight excluding hydrogens is 234 g/mol. The second-order valence-corrected chi connectivity index (χ2v) is 5.13. The van der Waals surface area contributed by atoms with Gasteiger partial charge in [0.15, 0.2) is 0 Å². The Labute approximate surface area is 115 Å². The van der Waals surface area contributed by atoms with Crippen LogP contribution >= 0.6 is 0 Å². The monoisotopic (exact) mass is 255 g/mol. The molecule has 2 heteroatoms. The van der Waals surface area contributed by atoms with Gasteiger partial charge in [0.05, 0.1) is 0 Å². The van der Waals surface area contributed by atoms with E-state index in [-0.39, 0.29) is 0 Å². The molecule has 100 valence electrons. The highest BCUT2D eigenvalue weighted by molar-refractivity contribution is 5.54. The van der Waals surface area contributed by atoms with E-state index in [0.29, 0.717) is 6.61 Å². The number of ether oxygens (including phenoxy) is 1. The van der Waals surface area contributed by atoms with E-state index in [0.717, 1.165) is 22.6 Å². The van der Waals surface area contributed by atoms with Crippen LogP contribution < -0.4 is 10.5 Å². The molecule has 0 heterocycles. The van der Waals surface area contributed by atoms with Crippen LogP contribution in [-0.2, 0) is 6.61 Å². The molecule has 2 N–H and O–H groups in total. The van der Waals surface area contributed by atoms with Crippen LogP contribution in [0.1, 0.15) is 27.8 Å². The van der Waals surface area contributed by atoms with E-state index in [1.807, 2.05) is 19.9 Å². The summed E-state index contributed by atoms with van der Waals surface area (Å²) in [7, 11) is 0. The lowest BCUT2D eigenvalue weighted by atomic mass is 10.0. The number of hydrogen-bond acceptors (Lipinski definition) is 2. The van der Waals surface area contributed by atoms with Crippen molar-refractivity contribution in [2.24, 2.45) is 0 Å². The van der Waals surface area contributed by atoms with Crippen molar-refractivity contribution in [3.63, 3.8) is 0 Å². The molecule has 0 spiro atoms. The molecule has 0 aliphatic rings. The van der Waals surface area contributed by atoms with Crippen molar-refractivity contribution < 1.29 is 4.74 Å². The molecule has 2 aromatic rings. The number of benzene rings is 2. The van der Waals surface area contributed by atoms with E-state index in [1.165, 1.54) is 16.7 Å². The Kier molecular flexibility index (Phi) is 3.79. The van der Waals surface area contributed by atoms with Gasteiger partial charge < -0.3 is 10.5 Å². The van der Waals surface area contributed by atoms with E-state index < -0.39 is 0 Å². The van der Waals surface area contributed by atoms with Crippen molar-refractivity contribution in [3.8, 4) is 5.75 Å². The number of aryl methyl sites for hydroxylation is 4. The third kappa shape index (κ3) is 2.90. The molecule has 0 fully saturated rings. The Balaban J connectivity index is 2.22. The molecule has 0 amide bonds. The lowest BCUT2D eigenvalue weighted by molar-refractivity contribution is 0.302. The van der Waals surface area contributed by atoms with E-state index in [2.05, 4.69) is 38.1 Å². The standard InChI is InChI=1S/C17H21NO/c1-11-6-5-7-12(2)15(11)10-19-17-9-16(18)13(3)8-14(17)4/h5-9H,10,18H2,1-4H3. The Morgan fingerprint density at radius 2 is 1.53 bits per heavy atom. The van der Waals surface area contributed by atoms with E-state index >= 15 is 0 Å². The van der Waals surface area contributed by atoms with Crippen molar-refractivity contribution in [3.05, 3.63) is 58.1 Å². The van der Waals surface area contributed by atoms with Crippen LogP contribution in [0.3, 0.4) is 0 Å². The minimum absolute atomic E-state index is 0.585. The minimum atomic E-state index is 0.585. The Hall–Kier alpha value is -1.96. The second-order valence-electron chi connectivity index (χ2n) is 5.13. The quantitative estimate of drug-likeness (QED) is 0.839. The predicted molar refractivity (Wildman–Crippen MR) is 80.6 cm³/mol. The first-order valence-electron chi connectivity index (χ1n) is 6.53. The summed E-state index contributed by atoms with van der Waals surface area (Å²) >= 11 is 0. The first kappa shape index (κ1) is 13.5. The topological polar surface area (TPSA) is 35.2 Å². The number of anilines is 1. The molecule has 19 heavy (non-hydrogen) atoms. The van der Waals surface area contributed by atoms with Crippen LogP contribution in [0.25, 0.3) is 0 Å². The van der Waals surface area contributed by atoms with Crippen LogP contribution in [0.2, 0.25) is 0 Å². The molecule has 0 aliphatic heterocycles. The van der Waals surface area contributed by atoms with Gasteiger partial charge in [-0.05, 0) is 55.5 Å². The van der Waals surface area contributed by atoms with Gasteiger partial charge in [-0.3, -0.25) is 0 Å². The molecule has 0 unspecified atom stereocenters. The van der Waals surface area contributed by atoms with Gasteiger partial charge in [-0.2, -0.15) is 0 Å². The molecule has 0 radical (unpaired) electrons. The summed E-state index contributed by atoms with van der Waals surface area (Å²) < 4.78 is 5.94. The first-order chi connectivity index (χ1) is 8.99. The third-order valence-corrected chi connectivity index (χ3v) is 3.58. The Morgan fingerprint density at radius 3 is 2.16 bits per heavy atom. The summed E-state index contributed by atoms with van der Waals surface area (Å²) in [5.74, 6) is 0.866. The summed E-state index contributed by atoms with van der Waals surface area (Å²) in [6, 6.07) is 10.3. The zero-order valence-electron chi connectivity index (χ0n) is 12.1. The van der Waals surface area contributed by atoms with Gasteiger partial charge in [0.1, 0.15) is 12.4 Å². The van der Waals surface area contributed by atoms with Gasteiger partial charge in [-0.25, -0.2) is 0 Å². The number of rotatable bonds is 3. The van der Waals surface area contributed by atoms with Gasteiger partial charge >= 0.3 is 0 Å². The first-order valence-corrected chi connectivity index (χ1v) is 6.53. The molecule has 2 nitrogen and oxygen atoms in total. The maximum absolute atomic E-state index is 5.94. The second kappa shape index (κ2) is 5.35. The van der Waals surface area contributed by atoms with Crippen LogP contribution in [0.5, 0.6) is 5.75 Å². The van der Waals surface area contributed by atoms with E-state index in [9.17, 15) is 0 Å². The third-order valence-electron chi connectivity index (χ3n) is 3.58. The number of nitrogens with two attached hydrogens (primary N) is 1. The predicted octanol–water partition coefficient (Wildman–Crippen LogP) is 4.08. The zero-order chi connectivity index (χ0) is 14.0. The smallest absolute Gasteiger partial charge is 0.124 e.